The lowest BCUT2D eigenvalue weighted by Crippen LogP contribution is -2.50. The highest BCUT2D eigenvalue weighted by Gasteiger charge is 2.48. The molecule has 208 valence electrons. The van der Waals surface area contributed by atoms with Gasteiger partial charge in [-0.05, 0) is 50.7 Å². The number of methoxy groups -OCH3 is 2. The van der Waals surface area contributed by atoms with E-state index in [0.29, 0.717) is 40.7 Å². The fourth-order valence-corrected chi connectivity index (χ4v) is 5.86. The molecule has 9 heteroatoms. The molecule has 0 saturated carbocycles. The average molecular weight is 536 g/mol. The lowest BCUT2D eigenvalue weighted by atomic mass is 9.82. The van der Waals surface area contributed by atoms with Crippen LogP contribution in [-0.2, 0) is 11.2 Å². The summed E-state index contributed by atoms with van der Waals surface area (Å²) in [4.78, 5) is 15.9. The molecule has 3 heterocycles. The number of rotatable bonds is 8. The molecule has 3 aliphatic heterocycles. The normalized spacial score (nSPS) is 21.8. The van der Waals surface area contributed by atoms with E-state index >= 15 is 0 Å². The summed E-state index contributed by atoms with van der Waals surface area (Å²) < 4.78 is 23.3. The summed E-state index contributed by atoms with van der Waals surface area (Å²) in [5, 5.41) is 18.0. The maximum absolute atomic E-state index is 13.8. The first kappa shape index (κ1) is 26.9. The van der Waals surface area contributed by atoms with E-state index < -0.39 is 0 Å². The van der Waals surface area contributed by atoms with Gasteiger partial charge >= 0.3 is 0 Å². The molecule has 3 unspecified atom stereocenters. The lowest BCUT2D eigenvalue weighted by molar-refractivity contribution is -0.139. The van der Waals surface area contributed by atoms with E-state index in [1.54, 1.807) is 25.3 Å². The number of hydrazone groups is 1. The number of nitrogens with zero attached hydrogens (tertiary/aromatic N) is 3. The van der Waals surface area contributed by atoms with E-state index in [9.17, 15) is 9.90 Å². The zero-order chi connectivity index (χ0) is 28.0. The Kier molecular flexibility index (Phi) is 7.20. The number of amides is 1. The molecule has 39 heavy (non-hydrogen) atoms. The number of carbonyl (C=O) groups is 1. The molecular weight excluding hydrogens is 498 g/mol. The highest BCUT2D eigenvalue weighted by atomic mass is 16.5. The van der Waals surface area contributed by atoms with Gasteiger partial charge in [0.2, 0.25) is 0 Å². The molecule has 0 spiro atoms. The van der Waals surface area contributed by atoms with E-state index in [1.165, 1.54) is 0 Å². The van der Waals surface area contributed by atoms with Crippen LogP contribution in [0.25, 0.3) is 0 Å². The first-order valence-electron chi connectivity index (χ1n) is 13.4. The Balaban J connectivity index is 1.63. The third-order valence-corrected chi connectivity index (χ3v) is 8.14. The van der Waals surface area contributed by atoms with Crippen LogP contribution in [0.1, 0.15) is 50.3 Å². The van der Waals surface area contributed by atoms with Crippen molar-refractivity contribution in [1.82, 2.24) is 9.91 Å². The minimum absolute atomic E-state index is 0.109. The second-order valence-corrected chi connectivity index (χ2v) is 10.3. The summed E-state index contributed by atoms with van der Waals surface area (Å²) in [5.41, 5.74) is 3.62. The quantitative estimate of drug-likeness (QED) is 0.509. The Hall–Kier alpha value is -3.72. The van der Waals surface area contributed by atoms with Crippen LogP contribution >= 0.6 is 0 Å². The SMILES string of the molecule is C=C(C)[C@H]1Cc2c(ccc(C3=NN(C(=O)C(C)N(CC)CC)C4COc5cc(OC)c(OC)cc5C34)c2O)O1. The van der Waals surface area contributed by atoms with Crippen LogP contribution in [0.4, 0.5) is 0 Å². The maximum Gasteiger partial charge on any atom is 0.260 e. The van der Waals surface area contributed by atoms with Gasteiger partial charge in [0.25, 0.3) is 5.91 Å². The third-order valence-electron chi connectivity index (χ3n) is 8.14. The molecule has 2 aromatic carbocycles. The monoisotopic (exact) mass is 535 g/mol. The van der Waals surface area contributed by atoms with Crippen LogP contribution in [0, 0.1) is 0 Å². The van der Waals surface area contributed by atoms with E-state index in [-0.39, 0.29) is 42.4 Å². The number of ether oxygens (including phenoxy) is 4. The average Bonchev–Trinajstić information content (AvgIpc) is 3.56. The Labute approximate surface area is 229 Å². The van der Waals surface area contributed by atoms with Crippen molar-refractivity contribution in [3.8, 4) is 28.7 Å². The lowest BCUT2D eigenvalue weighted by Gasteiger charge is -2.35. The van der Waals surface area contributed by atoms with Gasteiger partial charge in [0.15, 0.2) is 11.5 Å². The Morgan fingerprint density at radius 3 is 2.54 bits per heavy atom. The van der Waals surface area contributed by atoms with Gasteiger partial charge in [0.05, 0.1) is 31.9 Å². The highest BCUT2D eigenvalue weighted by Crippen LogP contribution is 2.49. The van der Waals surface area contributed by atoms with Gasteiger partial charge in [-0.3, -0.25) is 9.69 Å². The fraction of sp³-hybridized carbons (Fsp3) is 0.467. The van der Waals surface area contributed by atoms with Crippen LogP contribution in [0.5, 0.6) is 28.7 Å². The molecule has 0 fully saturated rings. The topological polar surface area (TPSA) is 93.1 Å². The predicted octanol–water partition coefficient (Wildman–Crippen LogP) is 4.11. The molecule has 0 aliphatic carbocycles. The van der Waals surface area contributed by atoms with Gasteiger partial charge in [-0.25, -0.2) is 5.01 Å². The molecule has 0 radical (unpaired) electrons. The van der Waals surface area contributed by atoms with Gasteiger partial charge in [0, 0.05) is 29.2 Å². The predicted molar refractivity (Wildman–Crippen MR) is 148 cm³/mol. The largest absolute Gasteiger partial charge is 0.507 e. The van der Waals surface area contributed by atoms with E-state index in [2.05, 4.69) is 11.5 Å². The Bertz CT molecular complexity index is 1330. The van der Waals surface area contributed by atoms with Gasteiger partial charge in [-0.2, -0.15) is 5.10 Å². The number of hydrogen-bond donors (Lipinski definition) is 1. The third kappa shape index (κ3) is 4.38. The molecule has 3 aliphatic rings. The van der Waals surface area contributed by atoms with Gasteiger partial charge < -0.3 is 24.1 Å². The van der Waals surface area contributed by atoms with Crippen molar-refractivity contribution in [3.05, 3.63) is 53.1 Å². The van der Waals surface area contributed by atoms with Crippen molar-refractivity contribution < 1.29 is 28.8 Å². The van der Waals surface area contributed by atoms with Crippen molar-refractivity contribution in [3.63, 3.8) is 0 Å². The molecule has 0 saturated heterocycles. The standard InChI is InChI=1S/C30H37N3O6/c1-8-32(9-2)17(5)30(35)33-21-15-38-24-14-26(37-7)25(36-6)12-19(24)27(21)28(31-33)18-10-11-22-20(29(18)34)13-23(39-22)16(3)4/h10-12,14,17,21,23,27,34H,3,8-9,13,15H2,1-2,4-7H3/t17?,21?,23-,27?/m1/s1. The number of hydrogen-bond acceptors (Lipinski definition) is 8. The second-order valence-electron chi connectivity index (χ2n) is 10.3. The first-order chi connectivity index (χ1) is 18.7. The fourth-order valence-electron chi connectivity index (χ4n) is 5.86. The minimum Gasteiger partial charge on any atom is -0.507 e. The first-order valence-corrected chi connectivity index (χ1v) is 13.4. The number of likely N-dealkylation sites (N-methyl/N-ethyl adjacent to an activating group) is 1. The van der Waals surface area contributed by atoms with Crippen molar-refractivity contribution in [1.29, 1.82) is 0 Å². The van der Waals surface area contributed by atoms with Gasteiger partial charge in [-0.15, -0.1) is 0 Å². The van der Waals surface area contributed by atoms with Crippen molar-refractivity contribution in [2.45, 2.75) is 58.2 Å². The van der Waals surface area contributed by atoms with Gasteiger partial charge in [-0.1, -0.05) is 20.4 Å². The minimum atomic E-state index is -0.386. The number of phenolic OH excluding ortho intramolecular Hbond substituents is 1. The van der Waals surface area contributed by atoms with Crippen molar-refractivity contribution >= 4 is 11.6 Å². The van der Waals surface area contributed by atoms with Crippen LogP contribution < -0.4 is 18.9 Å². The Morgan fingerprint density at radius 2 is 1.90 bits per heavy atom. The van der Waals surface area contributed by atoms with Gasteiger partial charge in [0.1, 0.15) is 36.0 Å². The number of phenols is 1. The molecule has 9 nitrogen and oxygen atoms in total. The highest BCUT2D eigenvalue weighted by molar-refractivity contribution is 6.10. The number of fused-ring (bicyclic) bond motifs is 4. The number of aromatic hydroxyl groups is 1. The Morgan fingerprint density at radius 1 is 1.21 bits per heavy atom. The smallest absolute Gasteiger partial charge is 0.260 e. The van der Waals surface area contributed by atoms with Crippen LogP contribution in [-0.4, -0.2) is 78.7 Å². The summed E-state index contributed by atoms with van der Waals surface area (Å²) >= 11 is 0. The zero-order valence-corrected chi connectivity index (χ0v) is 23.5. The molecule has 0 bridgehead atoms. The zero-order valence-electron chi connectivity index (χ0n) is 23.5. The van der Waals surface area contributed by atoms with E-state index in [0.717, 1.165) is 29.8 Å². The number of carbonyl (C=O) groups excluding carboxylic acids is 1. The van der Waals surface area contributed by atoms with E-state index in [4.69, 9.17) is 24.0 Å². The number of benzene rings is 2. The summed E-state index contributed by atoms with van der Waals surface area (Å²) in [7, 11) is 3.16. The summed E-state index contributed by atoms with van der Waals surface area (Å²) in [6.07, 6.45) is 0.339. The molecule has 5 rings (SSSR count). The van der Waals surface area contributed by atoms with E-state index in [1.807, 2.05) is 45.9 Å². The summed E-state index contributed by atoms with van der Waals surface area (Å²) in [6.45, 7) is 13.7. The van der Waals surface area contributed by atoms with Crippen LogP contribution in [0.15, 0.2) is 41.5 Å². The second kappa shape index (κ2) is 10.4. The molecule has 4 atom stereocenters. The molecular formula is C30H37N3O6. The summed E-state index contributed by atoms with van der Waals surface area (Å²) in [6, 6.07) is 6.62. The maximum atomic E-state index is 13.8. The van der Waals surface area contributed by atoms with Crippen molar-refractivity contribution in [2.75, 3.05) is 33.9 Å². The molecule has 1 amide bonds. The van der Waals surface area contributed by atoms with Crippen molar-refractivity contribution in [2.24, 2.45) is 5.10 Å². The van der Waals surface area contributed by atoms with Crippen LogP contribution in [0.3, 0.4) is 0 Å². The van der Waals surface area contributed by atoms with Crippen LogP contribution in [0.2, 0.25) is 0 Å². The molecule has 2 aromatic rings. The summed E-state index contributed by atoms with van der Waals surface area (Å²) in [5.74, 6) is 2.05. The molecule has 0 aromatic heterocycles. The molecule has 1 N–H and O–H groups in total.